The quantitative estimate of drug-likeness (QED) is 0.942. The molecule has 0 aliphatic carbocycles. The summed E-state index contributed by atoms with van der Waals surface area (Å²) < 4.78 is 14.5. The van der Waals surface area contributed by atoms with Crippen molar-refractivity contribution in [2.24, 2.45) is 5.73 Å². The zero-order valence-corrected chi connectivity index (χ0v) is 13.5. The van der Waals surface area contributed by atoms with E-state index >= 15 is 0 Å². The molecule has 5 heteroatoms. The highest BCUT2D eigenvalue weighted by atomic mass is 19.1. The highest BCUT2D eigenvalue weighted by molar-refractivity contribution is 5.98. The van der Waals surface area contributed by atoms with Crippen LogP contribution in [0.3, 0.4) is 0 Å². The van der Waals surface area contributed by atoms with Gasteiger partial charge >= 0.3 is 0 Å². The van der Waals surface area contributed by atoms with Crippen LogP contribution in [-0.2, 0) is 4.79 Å². The lowest BCUT2D eigenvalue weighted by Crippen LogP contribution is -2.43. The third-order valence-electron chi connectivity index (χ3n) is 4.43. The molecule has 1 atom stereocenters. The predicted octanol–water partition coefficient (Wildman–Crippen LogP) is 2.89. The molecule has 1 heterocycles. The smallest absolute Gasteiger partial charge is 0.257 e. The van der Waals surface area contributed by atoms with E-state index in [1.807, 2.05) is 31.2 Å². The summed E-state index contributed by atoms with van der Waals surface area (Å²) in [4.78, 5) is 25.4. The maximum Gasteiger partial charge on any atom is 0.257 e. The normalized spacial score (nSPS) is 17.1. The van der Waals surface area contributed by atoms with Crippen LogP contribution in [0.15, 0.2) is 42.5 Å². The van der Waals surface area contributed by atoms with Gasteiger partial charge in [-0.3, -0.25) is 9.59 Å². The molecule has 1 aliphatic heterocycles. The number of carbonyl (C=O) groups is 2. The van der Waals surface area contributed by atoms with Crippen LogP contribution in [-0.4, -0.2) is 29.3 Å². The van der Waals surface area contributed by atoms with E-state index in [1.165, 1.54) is 17.0 Å². The van der Waals surface area contributed by atoms with Crippen molar-refractivity contribution < 1.29 is 14.0 Å². The van der Waals surface area contributed by atoms with Gasteiger partial charge in [0.15, 0.2) is 0 Å². The van der Waals surface area contributed by atoms with Gasteiger partial charge in [-0.15, -0.1) is 0 Å². The summed E-state index contributed by atoms with van der Waals surface area (Å²) in [5.74, 6) is -1.62. The van der Waals surface area contributed by atoms with Crippen LogP contribution in [0.4, 0.5) is 4.39 Å². The minimum atomic E-state index is -0.645. The third kappa shape index (κ3) is 3.02. The number of hydrogen-bond donors (Lipinski definition) is 1. The maximum absolute atomic E-state index is 14.5. The van der Waals surface area contributed by atoms with Crippen molar-refractivity contribution in [3.8, 4) is 11.1 Å². The second-order valence-electron chi connectivity index (χ2n) is 6.12. The molecule has 2 amide bonds. The average molecular weight is 326 g/mol. The van der Waals surface area contributed by atoms with E-state index in [-0.39, 0.29) is 5.56 Å². The number of halogens is 1. The molecule has 2 aromatic carbocycles. The number of likely N-dealkylation sites (tertiary alicyclic amines) is 1. The molecule has 24 heavy (non-hydrogen) atoms. The minimum Gasteiger partial charge on any atom is -0.368 e. The predicted molar refractivity (Wildman–Crippen MR) is 89.8 cm³/mol. The Balaban J connectivity index is 1.88. The molecule has 1 saturated heterocycles. The highest BCUT2D eigenvalue weighted by Gasteiger charge is 2.34. The van der Waals surface area contributed by atoms with Gasteiger partial charge in [0.25, 0.3) is 5.91 Å². The van der Waals surface area contributed by atoms with Crippen LogP contribution in [0.5, 0.6) is 0 Å². The van der Waals surface area contributed by atoms with Crippen molar-refractivity contribution >= 4 is 11.8 Å². The van der Waals surface area contributed by atoms with Gasteiger partial charge in [-0.2, -0.15) is 0 Å². The van der Waals surface area contributed by atoms with Gasteiger partial charge in [-0.25, -0.2) is 4.39 Å². The first kappa shape index (κ1) is 16.2. The number of carbonyl (C=O) groups excluding carboxylic acids is 2. The van der Waals surface area contributed by atoms with E-state index in [9.17, 15) is 14.0 Å². The topological polar surface area (TPSA) is 63.4 Å². The summed E-state index contributed by atoms with van der Waals surface area (Å²) in [6, 6.07) is 11.6. The Hall–Kier alpha value is -2.69. The number of benzene rings is 2. The summed E-state index contributed by atoms with van der Waals surface area (Å²) in [7, 11) is 0. The fraction of sp³-hybridized carbons (Fsp3) is 0.263. The van der Waals surface area contributed by atoms with Crippen molar-refractivity contribution in [1.82, 2.24) is 4.90 Å². The van der Waals surface area contributed by atoms with Crippen molar-refractivity contribution in [3.63, 3.8) is 0 Å². The SMILES string of the molecule is Cc1ccc(-c2ccc(C(=O)N3CCC[C@@H]3C(N)=O)c(F)c2)cc1. The van der Waals surface area contributed by atoms with E-state index in [1.54, 1.807) is 6.07 Å². The molecular weight excluding hydrogens is 307 g/mol. The van der Waals surface area contributed by atoms with E-state index in [0.29, 0.717) is 24.9 Å². The molecule has 1 fully saturated rings. The number of primary amides is 1. The van der Waals surface area contributed by atoms with Crippen LogP contribution in [0.2, 0.25) is 0 Å². The van der Waals surface area contributed by atoms with E-state index in [0.717, 1.165) is 11.1 Å². The van der Waals surface area contributed by atoms with Crippen LogP contribution in [0.1, 0.15) is 28.8 Å². The number of nitrogens with two attached hydrogens (primary N) is 1. The second kappa shape index (κ2) is 6.43. The fourth-order valence-corrected chi connectivity index (χ4v) is 3.07. The number of nitrogens with zero attached hydrogens (tertiary/aromatic N) is 1. The Labute approximate surface area is 140 Å². The summed E-state index contributed by atoms with van der Waals surface area (Å²) >= 11 is 0. The lowest BCUT2D eigenvalue weighted by atomic mass is 10.0. The first-order chi connectivity index (χ1) is 11.5. The number of hydrogen-bond acceptors (Lipinski definition) is 2. The molecule has 0 saturated carbocycles. The van der Waals surface area contributed by atoms with Gasteiger partial charge in [0.05, 0.1) is 5.56 Å². The lowest BCUT2D eigenvalue weighted by Gasteiger charge is -2.22. The summed E-state index contributed by atoms with van der Waals surface area (Å²) in [5, 5.41) is 0. The second-order valence-corrected chi connectivity index (χ2v) is 6.12. The number of aryl methyl sites for hydroxylation is 1. The molecule has 124 valence electrons. The van der Waals surface area contributed by atoms with Gasteiger partial charge in [0.1, 0.15) is 11.9 Å². The van der Waals surface area contributed by atoms with Crippen molar-refractivity contribution in [3.05, 3.63) is 59.4 Å². The van der Waals surface area contributed by atoms with Gasteiger partial charge in [0, 0.05) is 6.54 Å². The van der Waals surface area contributed by atoms with Gasteiger partial charge in [-0.1, -0.05) is 35.9 Å². The Morgan fingerprint density at radius 2 is 1.79 bits per heavy atom. The summed E-state index contributed by atoms with van der Waals surface area (Å²) in [6.45, 7) is 2.41. The largest absolute Gasteiger partial charge is 0.368 e. The molecule has 0 radical (unpaired) electrons. The molecule has 3 rings (SSSR count). The third-order valence-corrected chi connectivity index (χ3v) is 4.43. The summed E-state index contributed by atoms with van der Waals surface area (Å²) in [6.07, 6.45) is 1.23. The number of rotatable bonds is 3. The standard InChI is InChI=1S/C19H19FN2O2/c1-12-4-6-13(7-5-12)14-8-9-15(16(20)11-14)19(24)22-10-2-3-17(22)18(21)23/h4-9,11,17H,2-3,10H2,1H3,(H2,21,23)/t17-/m1/s1. The molecule has 0 unspecified atom stereocenters. The van der Waals surface area contributed by atoms with Crippen LogP contribution < -0.4 is 5.73 Å². The van der Waals surface area contributed by atoms with Crippen LogP contribution in [0.25, 0.3) is 11.1 Å². The minimum absolute atomic E-state index is 0.0287. The zero-order valence-electron chi connectivity index (χ0n) is 13.5. The monoisotopic (exact) mass is 326 g/mol. The maximum atomic E-state index is 14.5. The Bertz CT molecular complexity index is 786. The van der Waals surface area contributed by atoms with Crippen molar-refractivity contribution in [1.29, 1.82) is 0 Å². The lowest BCUT2D eigenvalue weighted by molar-refractivity contribution is -0.121. The van der Waals surface area contributed by atoms with Crippen LogP contribution >= 0.6 is 0 Å². The van der Waals surface area contributed by atoms with Gasteiger partial charge in [-0.05, 0) is 43.0 Å². The highest BCUT2D eigenvalue weighted by Crippen LogP contribution is 2.25. The fourth-order valence-electron chi connectivity index (χ4n) is 3.07. The van der Waals surface area contributed by atoms with Crippen molar-refractivity contribution in [2.75, 3.05) is 6.54 Å². The molecule has 0 bridgehead atoms. The Morgan fingerprint density at radius 3 is 2.42 bits per heavy atom. The zero-order chi connectivity index (χ0) is 17.3. The number of amides is 2. The molecule has 0 spiro atoms. The Kier molecular flexibility index (Phi) is 4.34. The summed E-state index contributed by atoms with van der Waals surface area (Å²) in [5.41, 5.74) is 8.01. The van der Waals surface area contributed by atoms with Crippen molar-refractivity contribution in [2.45, 2.75) is 25.8 Å². The molecule has 2 aromatic rings. The van der Waals surface area contributed by atoms with Gasteiger partial charge in [0.2, 0.25) is 5.91 Å². The van der Waals surface area contributed by atoms with E-state index in [4.69, 9.17) is 5.73 Å². The van der Waals surface area contributed by atoms with Crippen LogP contribution in [0, 0.1) is 12.7 Å². The molecule has 1 aliphatic rings. The Morgan fingerprint density at radius 1 is 1.12 bits per heavy atom. The molecule has 4 nitrogen and oxygen atoms in total. The molecule has 0 aromatic heterocycles. The van der Waals surface area contributed by atoms with E-state index < -0.39 is 23.7 Å². The first-order valence-corrected chi connectivity index (χ1v) is 7.94. The van der Waals surface area contributed by atoms with Gasteiger partial charge < -0.3 is 10.6 Å². The first-order valence-electron chi connectivity index (χ1n) is 7.94. The van der Waals surface area contributed by atoms with E-state index in [2.05, 4.69) is 0 Å². The molecule has 2 N–H and O–H groups in total. The molecular formula is C19H19FN2O2. The average Bonchev–Trinajstić information content (AvgIpc) is 3.05.